The van der Waals surface area contributed by atoms with E-state index in [1.165, 1.54) is 90.5 Å². The van der Waals surface area contributed by atoms with Gasteiger partial charge in [0.1, 0.15) is 0 Å². The molecular weight excluding hydrogens is 589 g/mol. The molecule has 5 saturated carbocycles. The Labute approximate surface area is 302 Å². The first-order chi connectivity index (χ1) is 23.2. The van der Waals surface area contributed by atoms with Crippen LogP contribution in [0, 0.1) is 23.7 Å². The third-order valence-corrected chi connectivity index (χ3v) is 9.71. The smallest absolute Gasteiger partial charge is 0.0184 e. The topological polar surface area (TPSA) is 0 Å². The van der Waals surface area contributed by atoms with Crippen molar-refractivity contribution in [1.82, 2.24) is 0 Å². The summed E-state index contributed by atoms with van der Waals surface area (Å²) in [5, 5.41) is 2.62. The van der Waals surface area contributed by atoms with Crippen LogP contribution in [0.15, 0.2) is 146 Å². The highest BCUT2D eigenvalue weighted by molar-refractivity contribution is 5.82. The zero-order chi connectivity index (χ0) is 32.8. The van der Waals surface area contributed by atoms with Crippen molar-refractivity contribution in [3.8, 4) is 11.1 Å². The molecule has 0 heteroatoms. The molecule has 49 heavy (non-hydrogen) atoms. The second-order valence-corrected chi connectivity index (χ2v) is 13.9. The summed E-state index contributed by atoms with van der Waals surface area (Å²) in [6, 6.07) is 49.5. The Morgan fingerprint density at radius 2 is 0.510 bits per heavy atom. The molecule has 5 aromatic carbocycles. The van der Waals surface area contributed by atoms with Crippen molar-refractivity contribution in [2.75, 3.05) is 0 Å². The highest BCUT2D eigenvalue weighted by Gasteiger charge is 2.41. The van der Waals surface area contributed by atoms with Crippen LogP contribution in [0.2, 0.25) is 0 Å². The molecule has 0 atom stereocenters. The fourth-order valence-corrected chi connectivity index (χ4v) is 7.82. The van der Waals surface area contributed by atoms with Crippen molar-refractivity contribution in [3.63, 3.8) is 0 Å². The van der Waals surface area contributed by atoms with Crippen molar-refractivity contribution < 1.29 is 0 Å². The van der Waals surface area contributed by atoms with Gasteiger partial charge in [-0.1, -0.05) is 219 Å². The van der Waals surface area contributed by atoms with Gasteiger partial charge in [-0.05, 0) is 84.1 Å². The minimum absolute atomic E-state index is 0. The molecule has 5 aliphatic rings. The van der Waals surface area contributed by atoms with Crippen molar-refractivity contribution in [1.29, 1.82) is 0 Å². The fourth-order valence-electron chi connectivity index (χ4n) is 7.82. The van der Waals surface area contributed by atoms with Gasteiger partial charge >= 0.3 is 0 Å². The Morgan fingerprint density at radius 3 is 0.735 bits per heavy atom. The molecule has 0 aromatic heterocycles. The first-order valence-electron chi connectivity index (χ1n) is 18.8. The van der Waals surface area contributed by atoms with Gasteiger partial charge in [0.15, 0.2) is 0 Å². The van der Waals surface area contributed by atoms with E-state index in [4.69, 9.17) is 0 Å². The number of fused-ring (bicyclic) bond motifs is 1. The van der Waals surface area contributed by atoms with Crippen molar-refractivity contribution in [2.45, 2.75) is 112 Å². The van der Waals surface area contributed by atoms with E-state index in [2.05, 4.69) is 111 Å². The zero-order valence-electron chi connectivity index (χ0n) is 29.4. The standard InChI is InChI=1S/C12H10.C10H16.C10H8.C6H12.C6H6.C3H8.2CH4/c1-3-7-11(8-4-1)12-9-5-2-6-10-12;1-7-2-9-4-8(1)5-10(3-7)6-9;1-2-6-10-8-4-3-7-9(10)5-1;2*1-2-4-6-5-3-1;1-3-2;;/h1-10H;7-10H,1-6H2;1-8H;1-6H2;1-6H;3H2,1-2H3;2*1H4. The summed E-state index contributed by atoms with van der Waals surface area (Å²) in [5.41, 5.74) is 2.55. The van der Waals surface area contributed by atoms with Crippen molar-refractivity contribution in [2.24, 2.45) is 23.7 Å². The molecule has 0 radical (unpaired) electrons. The van der Waals surface area contributed by atoms with Crippen LogP contribution in [0.5, 0.6) is 0 Å². The summed E-state index contributed by atoms with van der Waals surface area (Å²) in [4.78, 5) is 0. The van der Waals surface area contributed by atoms with Gasteiger partial charge in [0.25, 0.3) is 0 Å². The van der Waals surface area contributed by atoms with Gasteiger partial charge < -0.3 is 0 Å². The fraction of sp³-hybridized carbons (Fsp3) is 0.429. The Balaban J connectivity index is 0.000000211. The van der Waals surface area contributed by atoms with Gasteiger partial charge in [-0.2, -0.15) is 0 Å². The molecule has 5 aromatic rings. The summed E-state index contributed by atoms with van der Waals surface area (Å²) in [6.07, 6.45) is 19.9. The van der Waals surface area contributed by atoms with E-state index >= 15 is 0 Å². The van der Waals surface area contributed by atoms with Crippen LogP contribution in [-0.4, -0.2) is 0 Å². The monoisotopic (exact) mass is 657 g/mol. The molecule has 10 rings (SSSR count). The molecule has 0 amide bonds. The maximum Gasteiger partial charge on any atom is -0.0184 e. The van der Waals surface area contributed by atoms with Crippen LogP contribution in [-0.2, 0) is 0 Å². The van der Waals surface area contributed by atoms with E-state index < -0.39 is 0 Å². The van der Waals surface area contributed by atoms with Gasteiger partial charge in [0, 0.05) is 0 Å². The first-order valence-corrected chi connectivity index (χ1v) is 18.8. The summed E-state index contributed by atoms with van der Waals surface area (Å²) in [7, 11) is 0. The number of hydrogen-bond acceptors (Lipinski definition) is 0. The Kier molecular flexibility index (Phi) is 21.5. The van der Waals surface area contributed by atoms with Gasteiger partial charge in [0.05, 0.1) is 0 Å². The molecular formula is C49H68. The molecule has 4 bridgehead atoms. The minimum atomic E-state index is 0. The van der Waals surface area contributed by atoms with E-state index in [0.29, 0.717) is 0 Å². The molecule has 0 nitrogen and oxygen atoms in total. The number of benzene rings is 5. The minimum Gasteiger partial charge on any atom is -0.0776 e. The lowest BCUT2D eigenvalue weighted by molar-refractivity contribution is 0.0198. The third kappa shape index (κ3) is 16.1. The van der Waals surface area contributed by atoms with E-state index in [0.717, 1.165) is 0 Å². The molecule has 264 valence electrons. The van der Waals surface area contributed by atoms with E-state index in [1.54, 1.807) is 38.5 Å². The highest BCUT2D eigenvalue weighted by atomic mass is 14.5. The Bertz CT molecular complexity index is 1240. The van der Waals surface area contributed by atoms with E-state index in [-0.39, 0.29) is 14.9 Å². The van der Waals surface area contributed by atoms with Crippen LogP contribution in [0.3, 0.4) is 0 Å². The van der Waals surface area contributed by atoms with Crippen LogP contribution >= 0.6 is 0 Å². The maximum atomic E-state index is 2.12. The van der Waals surface area contributed by atoms with E-state index in [1.807, 2.05) is 48.5 Å². The van der Waals surface area contributed by atoms with Gasteiger partial charge in [-0.3, -0.25) is 0 Å². The van der Waals surface area contributed by atoms with Crippen LogP contribution < -0.4 is 0 Å². The molecule has 5 aliphatic carbocycles. The predicted octanol–water partition coefficient (Wildman–Crippen LogP) is 15.7. The summed E-state index contributed by atoms with van der Waals surface area (Å²) in [6.45, 7) is 4.25. The largest absolute Gasteiger partial charge is 0.0776 e. The molecule has 0 saturated heterocycles. The molecule has 0 spiro atoms. The van der Waals surface area contributed by atoms with Crippen LogP contribution in [0.4, 0.5) is 0 Å². The molecule has 5 fully saturated rings. The number of hydrogen-bond donors (Lipinski definition) is 0. The number of rotatable bonds is 1. The quantitative estimate of drug-likeness (QED) is 0.168. The molecule has 0 heterocycles. The second kappa shape index (κ2) is 25.3. The van der Waals surface area contributed by atoms with E-state index in [9.17, 15) is 0 Å². The zero-order valence-corrected chi connectivity index (χ0v) is 29.4. The first kappa shape index (κ1) is 41.5. The predicted molar refractivity (Wildman–Crippen MR) is 221 cm³/mol. The summed E-state index contributed by atoms with van der Waals surface area (Å²) >= 11 is 0. The Hall–Kier alpha value is -3.64. The average molecular weight is 657 g/mol. The Morgan fingerprint density at radius 1 is 0.327 bits per heavy atom. The maximum absolute atomic E-state index is 2.12. The third-order valence-electron chi connectivity index (χ3n) is 9.71. The van der Waals surface area contributed by atoms with Gasteiger partial charge in [0.2, 0.25) is 0 Å². The lowest BCUT2D eigenvalue weighted by Crippen LogP contribution is -2.38. The molecule has 0 unspecified atom stereocenters. The molecule has 0 N–H and O–H groups in total. The van der Waals surface area contributed by atoms with Gasteiger partial charge in [-0.15, -0.1) is 0 Å². The second-order valence-electron chi connectivity index (χ2n) is 13.9. The lowest BCUT2D eigenvalue weighted by Gasteiger charge is -2.49. The summed E-state index contributed by atoms with van der Waals surface area (Å²) < 4.78 is 0. The van der Waals surface area contributed by atoms with Crippen molar-refractivity contribution in [3.05, 3.63) is 146 Å². The SMILES string of the molecule is C.C.C1C2CC3CC1CC(C2)C3.C1CCCCC1.CCC.c1ccc(-c2ccccc2)cc1.c1ccc2ccccc2c1.c1ccccc1. The summed E-state index contributed by atoms with van der Waals surface area (Å²) in [5.74, 6) is 4.71. The lowest BCUT2D eigenvalue weighted by atomic mass is 9.56. The normalized spacial score (nSPS) is 20.4. The average Bonchev–Trinajstić information content (AvgIpc) is 3.15. The van der Waals surface area contributed by atoms with Crippen molar-refractivity contribution >= 4 is 10.8 Å². The van der Waals surface area contributed by atoms with Crippen LogP contribution in [0.1, 0.15) is 112 Å². The van der Waals surface area contributed by atoms with Crippen LogP contribution in [0.25, 0.3) is 21.9 Å². The van der Waals surface area contributed by atoms with Gasteiger partial charge in [-0.25, -0.2) is 0 Å². The highest BCUT2D eigenvalue weighted by Crippen LogP contribution is 2.53. The molecule has 0 aliphatic heterocycles.